The highest BCUT2D eigenvalue weighted by atomic mass is 79.9. The molecular weight excluding hydrogens is 428 g/mol. The molecule has 0 saturated heterocycles. The van der Waals surface area contributed by atoms with E-state index in [1.807, 2.05) is 0 Å². The number of imidazole rings is 1. The van der Waals surface area contributed by atoms with E-state index >= 15 is 0 Å². The van der Waals surface area contributed by atoms with Crippen LogP contribution in [0.5, 0.6) is 0 Å². The van der Waals surface area contributed by atoms with Gasteiger partial charge in [0.15, 0.2) is 5.69 Å². The van der Waals surface area contributed by atoms with E-state index in [1.54, 1.807) is 0 Å². The van der Waals surface area contributed by atoms with E-state index in [-0.39, 0.29) is 17.0 Å². The van der Waals surface area contributed by atoms with Crippen LogP contribution in [0.25, 0.3) is 16.9 Å². The largest absolute Gasteiger partial charge is 1.00 e. The predicted octanol–water partition coefficient (Wildman–Crippen LogP) is 1.84. The first-order chi connectivity index (χ1) is 11.2. The van der Waals surface area contributed by atoms with E-state index < -0.39 is 0 Å². The molecule has 0 spiro atoms. The van der Waals surface area contributed by atoms with E-state index in [2.05, 4.69) is 86.7 Å². The van der Waals surface area contributed by atoms with Gasteiger partial charge in [-0.05, 0) is 44.0 Å². The van der Waals surface area contributed by atoms with E-state index in [0.717, 1.165) is 17.4 Å². The fourth-order valence-corrected chi connectivity index (χ4v) is 3.63. The van der Waals surface area contributed by atoms with E-state index in [1.165, 1.54) is 41.2 Å². The van der Waals surface area contributed by atoms with Gasteiger partial charge in [0.25, 0.3) is 5.82 Å². The van der Waals surface area contributed by atoms with Crippen molar-refractivity contribution < 1.29 is 21.5 Å². The number of aromatic nitrogens is 2. The van der Waals surface area contributed by atoms with Crippen molar-refractivity contribution in [1.29, 1.82) is 0 Å². The van der Waals surface area contributed by atoms with Crippen molar-refractivity contribution in [2.24, 2.45) is 0 Å². The van der Waals surface area contributed by atoms with E-state index in [9.17, 15) is 0 Å². The summed E-state index contributed by atoms with van der Waals surface area (Å²) in [6.07, 6.45) is 6.01. The SMILES string of the molecule is Cc1ccc(-c2c[n+]3c(n2-c2ccc(Br)cc2)CCCC3)cc1.[Br-]. The van der Waals surface area contributed by atoms with Gasteiger partial charge < -0.3 is 17.0 Å². The lowest BCUT2D eigenvalue weighted by molar-refractivity contribution is -0.708. The molecule has 2 heterocycles. The zero-order chi connectivity index (χ0) is 15.8. The molecule has 4 rings (SSSR count). The molecule has 2 aromatic carbocycles. The maximum absolute atomic E-state index is 3.54. The van der Waals surface area contributed by atoms with Crippen molar-refractivity contribution in [2.75, 3.05) is 0 Å². The molecule has 0 bridgehead atoms. The van der Waals surface area contributed by atoms with Crippen LogP contribution in [0.4, 0.5) is 0 Å². The van der Waals surface area contributed by atoms with E-state index in [0.29, 0.717) is 0 Å². The molecule has 0 aliphatic carbocycles. The summed E-state index contributed by atoms with van der Waals surface area (Å²) in [5.74, 6) is 1.41. The molecule has 0 atom stereocenters. The Kier molecular flexibility index (Phi) is 5.26. The number of benzene rings is 2. The normalized spacial score (nSPS) is 13.2. The van der Waals surface area contributed by atoms with Crippen LogP contribution in [0.2, 0.25) is 0 Å². The molecule has 124 valence electrons. The summed E-state index contributed by atoms with van der Waals surface area (Å²) in [4.78, 5) is 0. The number of fused-ring (bicyclic) bond motifs is 1. The van der Waals surface area contributed by atoms with Crippen molar-refractivity contribution in [3.8, 4) is 16.9 Å². The molecule has 0 radical (unpaired) electrons. The number of nitrogens with zero attached hydrogens (tertiary/aromatic N) is 2. The summed E-state index contributed by atoms with van der Waals surface area (Å²) in [5, 5.41) is 0. The summed E-state index contributed by atoms with van der Waals surface area (Å²) in [6, 6.07) is 17.5. The summed E-state index contributed by atoms with van der Waals surface area (Å²) in [5.41, 5.74) is 5.09. The minimum atomic E-state index is 0. The van der Waals surface area contributed by atoms with Crippen molar-refractivity contribution >= 4 is 15.9 Å². The minimum absolute atomic E-state index is 0. The van der Waals surface area contributed by atoms with Crippen molar-refractivity contribution in [2.45, 2.75) is 32.7 Å². The Balaban J connectivity index is 0.00000169. The standard InChI is InChI=1S/C20H20BrN2.BrH/c1-15-5-7-16(8-6-15)19-14-22-13-3-2-4-20(22)23(19)18-11-9-17(21)10-12-18;/h5-12,14H,2-4,13H2,1H3;1H/q+1;/p-1. The van der Waals surface area contributed by atoms with Gasteiger partial charge in [0, 0.05) is 16.5 Å². The third-order valence-corrected chi connectivity index (χ3v) is 5.12. The molecule has 0 unspecified atom stereocenters. The highest BCUT2D eigenvalue weighted by Crippen LogP contribution is 2.27. The van der Waals surface area contributed by atoms with E-state index in [4.69, 9.17) is 0 Å². The Morgan fingerprint density at radius 1 is 0.958 bits per heavy atom. The maximum atomic E-state index is 3.54. The average molecular weight is 448 g/mol. The fraction of sp³-hybridized carbons (Fsp3) is 0.250. The molecule has 1 aromatic heterocycles. The monoisotopic (exact) mass is 446 g/mol. The van der Waals surface area contributed by atoms with Crippen LogP contribution in [-0.2, 0) is 13.0 Å². The van der Waals surface area contributed by atoms with Gasteiger partial charge in [-0.25, -0.2) is 4.57 Å². The predicted molar refractivity (Wildman–Crippen MR) is 96.8 cm³/mol. The topological polar surface area (TPSA) is 8.81 Å². The molecule has 3 aromatic rings. The second-order valence-corrected chi connectivity index (χ2v) is 7.17. The molecule has 0 N–H and O–H groups in total. The smallest absolute Gasteiger partial charge is 0.262 e. The molecule has 0 saturated carbocycles. The first-order valence-corrected chi connectivity index (χ1v) is 8.99. The Morgan fingerprint density at radius 2 is 1.67 bits per heavy atom. The van der Waals surface area contributed by atoms with Gasteiger partial charge in [0.05, 0.1) is 6.54 Å². The first kappa shape index (κ1) is 17.4. The van der Waals surface area contributed by atoms with Crippen LogP contribution < -0.4 is 21.5 Å². The molecule has 0 amide bonds. The van der Waals surface area contributed by atoms with Gasteiger partial charge in [-0.15, -0.1) is 0 Å². The first-order valence-electron chi connectivity index (χ1n) is 8.19. The van der Waals surface area contributed by atoms with Crippen LogP contribution in [0, 0.1) is 6.92 Å². The van der Waals surface area contributed by atoms with Crippen molar-refractivity contribution in [3.05, 3.63) is 70.6 Å². The Bertz CT molecular complexity index is 833. The lowest BCUT2D eigenvalue weighted by atomic mass is 10.1. The van der Waals surface area contributed by atoms with Gasteiger partial charge in [-0.1, -0.05) is 45.8 Å². The number of halogens is 2. The van der Waals surface area contributed by atoms with Crippen LogP contribution in [0.3, 0.4) is 0 Å². The van der Waals surface area contributed by atoms with Crippen LogP contribution >= 0.6 is 15.9 Å². The lowest BCUT2D eigenvalue weighted by Gasteiger charge is -2.10. The quantitative estimate of drug-likeness (QED) is 0.530. The zero-order valence-electron chi connectivity index (χ0n) is 13.7. The summed E-state index contributed by atoms with van der Waals surface area (Å²) in [7, 11) is 0. The molecule has 2 nitrogen and oxygen atoms in total. The van der Waals surface area contributed by atoms with Crippen LogP contribution in [0.15, 0.2) is 59.2 Å². The summed E-state index contributed by atoms with van der Waals surface area (Å²) in [6.45, 7) is 3.26. The number of hydrogen-bond donors (Lipinski definition) is 0. The second kappa shape index (κ2) is 7.24. The van der Waals surface area contributed by atoms with Gasteiger partial charge in [-0.2, -0.15) is 4.57 Å². The zero-order valence-corrected chi connectivity index (χ0v) is 16.8. The fourth-order valence-electron chi connectivity index (χ4n) is 3.37. The highest BCUT2D eigenvalue weighted by molar-refractivity contribution is 9.10. The Hall–Kier alpha value is -1.39. The lowest BCUT2D eigenvalue weighted by Crippen LogP contribution is -3.00. The van der Waals surface area contributed by atoms with Crippen LogP contribution in [0.1, 0.15) is 24.2 Å². The van der Waals surface area contributed by atoms with Gasteiger partial charge in [-0.3, -0.25) is 0 Å². The van der Waals surface area contributed by atoms with Crippen LogP contribution in [-0.4, -0.2) is 4.57 Å². The molecule has 4 heteroatoms. The molecule has 1 aliphatic rings. The van der Waals surface area contributed by atoms with Gasteiger partial charge in [0.1, 0.15) is 11.9 Å². The molecule has 1 aliphatic heterocycles. The third kappa shape index (κ3) is 3.22. The molecular formula is C20H20Br2N2. The Labute approximate surface area is 162 Å². The minimum Gasteiger partial charge on any atom is -1.00 e. The highest BCUT2D eigenvalue weighted by Gasteiger charge is 2.27. The third-order valence-electron chi connectivity index (χ3n) is 4.59. The molecule has 24 heavy (non-hydrogen) atoms. The van der Waals surface area contributed by atoms with Gasteiger partial charge in [0.2, 0.25) is 0 Å². The van der Waals surface area contributed by atoms with Gasteiger partial charge >= 0.3 is 0 Å². The summed E-state index contributed by atoms with van der Waals surface area (Å²) < 4.78 is 5.98. The summed E-state index contributed by atoms with van der Waals surface area (Å²) >= 11 is 3.54. The average Bonchev–Trinajstić information content (AvgIpc) is 2.96. The Morgan fingerprint density at radius 3 is 2.38 bits per heavy atom. The number of rotatable bonds is 2. The number of aryl methyl sites for hydroxylation is 2. The maximum Gasteiger partial charge on any atom is 0.262 e. The molecule has 0 fully saturated rings. The number of hydrogen-bond acceptors (Lipinski definition) is 0. The van der Waals surface area contributed by atoms with Crippen molar-refractivity contribution in [1.82, 2.24) is 4.57 Å². The van der Waals surface area contributed by atoms with Crippen molar-refractivity contribution in [3.63, 3.8) is 0 Å². The second-order valence-electron chi connectivity index (χ2n) is 6.26.